The molecule has 3 N–H and O–H groups in total. The molecule has 0 saturated heterocycles. The van der Waals surface area contributed by atoms with E-state index in [4.69, 9.17) is 0 Å². The topological polar surface area (TPSA) is 121 Å². The van der Waals surface area contributed by atoms with Crippen LogP contribution in [0.3, 0.4) is 0 Å². The molecule has 0 unspecified atom stereocenters. The molecule has 5 aromatic rings. The number of nitrogens with one attached hydrogen (secondary N) is 3. The summed E-state index contributed by atoms with van der Waals surface area (Å²) in [4.78, 5) is 33.8. The van der Waals surface area contributed by atoms with Crippen LogP contribution in [0.15, 0.2) is 78.2 Å². The van der Waals surface area contributed by atoms with Gasteiger partial charge in [0.2, 0.25) is 5.91 Å². The second-order valence-electron chi connectivity index (χ2n) is 7.05. The van der Waals surface area contributed by atoms with Crippen LogP contribution in [0.1, 0.15) is 0 Å². The maximum Gasteiger partial charge on any atom is 0.308 e. The molecule has 9 nitrogen and oxygen atoms in total. The first-order valence-electron chi connectivity index (χ1n) is 9.72. The Kier molecular flexibility index (Phi) is 5.04. The first kappa shape index (κ1) is 19.8. The molecule has 0 aliphatic heterocycles. The monoisotopic (exact) mass is 445 g/mol. The van der Waals surface area contributed by atoms with Crippen LogP contribution >= 0.6 is 11.8 Å². The van der Waals surface area contributed by atoms with Gasteiger partial charge in [-0.1, -0.05) is 42.1 Å². The van der Waals surface area contributed by atoms with Gasteiger partial charge < -0.3 is 10.3 Å². The number of nitrogens with zero attached hydrogens (tertiary/aromatic N) is 3. The third kappa shape index (κ3) is 3.91. The number of rotatable bonds is 6. The fourth-order valence-corrected chi connectivity index (χ4v) is 4.09. The molecule has 0 saturated carbocycles. The number of nitro groups is 1. The average molecular weight is 445 g/mol. The lowest BCUT2D eigenvalue weighted by Crippen LogP contribution is -2.21. The van der Waals surface area contributed by atoms with Crippen molar-refractivity contribution in [1.82, 2.24) is 15.0 Å². The summed E-state index contributed by atoms with van der Waals surface area (Å²) in [7, 11) is 0. The highest BCUT2D eigenvalue weighted by atomic mass is 32.2. The van der Waals surface area contributed by atoms with E-state index in [1.165, 1.54) is 23.9 Å². The summed E-state index contributed by atoms with van der Waals surface area (Å²) in [5.41, 5.74) is 4.60. The molecular formula is C22H17N6O3S+. The Balaban J connectivity index is 1.30. The van der Waals surface area contributed by atoms with Crippen LogP contribution in [-0.4, -0.2) is 31.5 Å². The molecular weight excluding hydrogens is 428 g/mol. The van der Waals surface area contributed by atoms with Crippen molar-refractivity contribution in [3.63, 3.8) is 0 Å². The van der Waals surface area contributed by atoms with E-state index in [0.717, 1.165) is 16.9 Å². The van der Waals surface area contributed by atoms with Gasteiger partial charge in [0.25, 0.3) is 5.69 Å². The van der Waals surface area contributed by atoms with Crippen LogP contribution in [0, 0.1) is 10.1 Å². The third-order valence-electron chi connectivity index (χ3n) is 4.90. The Labute approximate surface area is 185 Å². The summed E-state index contributed by atoms with van der Waals surface area (Å²) >= 11 is 1.23. The number of H-pyrrole nitrogens is 2. The number of benzene rings is 2. The largest absolute Gasteiger partial charge is 0.333 e. The van der Waals surface area contributed by atoms with Gasteiger partial charge in [0.1, 0.15) is 11.9 Å². The predicted molar refractivity (Wildman–Crippen MR) is 121 cm³/mol. The van der Waals surface area contributed by atoms with Crippen molar-refractivity contribution >= 4 is 45.7 Å². The minimum Gasteiger partial charge on any atom is -0.333 e. The second kappa shape index (κ2) is 8.16. The summed E-state index contributed by atoms with van der Waals surface area (Å²) in [6.07, 6.45) is 3.89. The maximum absolute atomic E-state index is 12.6. The minimum absolute atomic E-state index is 0.0122. The van der Waals surface area contributed by atoms with E-state index >= 15 is 0 Å². The molecule has 10 heteroatoms. The molecule has 0 bridgehead atoms. The zero-order valence-electron chi connectivity index (χ0n) is 16.6. The summed E-state index contributed by atoms with van der Waals surface area (Å²) in [6.45, 7) is 0. The normalized spacial score (nSPS) is 11.1. The lowest BCUT2D eigenvalue weighted by Gasteiger charge is -2.02. The lowest BCUT2D eigenvalue weighted by atomic mass is 10.2. The minimum atomic E-state index is -0.455. The van der Waals surface area contributed by atoms with Crippen molar-refractivity contribution in [2.45, 2.75) is 5.16 Å². The van der Waals surface area contributed by atoms with Gasteiger partial charge >= 0.3 is 5.65 Å². The van der Waals surface area contributed by atoms with Gasteiger partial charge in [-0.05, 0) is 18.2 Å². The number of pyridine rings is 1. The summed E-state index contributed by atoms with van der Waals surface area (Å²) in [5.74, 6) is -0.0553. The number of aromatic amines is 2. The molecule has 1 amide bonds. The molecule has 0 aliphatic carbocycles. The van der Waals surface area contributed by atoms with E-state index in [9.17, 15) is 14.9 Å². The Bertz CT molecular complexity index is 1460. The number of imidazole rings is 2. The van der Waals surface area contributed by atoms with Crippen molar-refractivity contribution < 1.29 is 14.1 Å². The first-order valence-corrected chi connectivity index (χ1v) is 10.7. The quantitative estimate of drug-likeness (QED) is 0.158. The van der Waals surface area contributed by atoms with Gasteiger partial charge in [-0.25, -0.2) is 14.4 Å². The molecule has 32 heavy (non-hydrogen) atoms. The van der Waals surface area contributed by atoms with Crippen molar-refractivity contribution in [2.24, 2.45) is 0 Å². The smallest absolute Gasteiger partial charge is 0.308 e. The van der Waals surface area contributed by atoms with E-state index in [1.54, 1.807) is 6.07 Å². The Hall–Kier alpha value is -4.18. The van der Waals surface area contributed by atoms with Crippen LogP contribution in [0.4, 0.5) is 11.4 Å². The maximum atomic E-state index is 12.6. The van der Waals surface area contributed by atoms with Gasteiger partial charge in [-0.3, -0.25) is 14.9 Å². The molecule has 3 heterocycles. The number of carbonyl (C=O) groups is 1. The van der Waals surface area contributed by atoms with Crippen LogP contribution in [0.25, 0.3) is 27.9 Å². The standard InChI is InChI=1S/C22H16N6O3S/c29-20(13-32-22-25-16-9-8-15(28(30)31)11-18(16)26-22)23-17-7-4-10-27-12-19(24-21(17)27)14-5-2-1-3-6-14/h1-12H,13H2,(H2,23,25,26,29)/p+1. The molecule has 5 rings (SSSR count). The lowest BCUT2D eigenvalue weighted by molar-refractivity contribution is -0.509. The van der Waals surface area contributed by atoms with Crippen LogP contribution in [0.2, 0.25) is 0 Å². The fraction of sp³-hybridized carbons (Fsp3) is 0.0455. The SMILES string of the molecule is O=C(CSc1nc2ccc([N+](=O)[O-])cc2[nH]1)Nc1ccc[n+]2cc(-c3ccccc3)[nH]c12. The van der Waals surface area contributed by atoms with Crippen LogP contribution in [-0.2, 0) is 4.79 Å². The number of aromatic nitrogens is 4. The highest BCUT2D eigenvalue weighted by Crippen LogP contribution is 2.24. The highest BCUT2D eigenvalue weighted by Gasteiger charge is 2.17. The van der Waals surface area contributed by atoms with E-state index in [2.05, 4.69) is 20.3 Å². The molecule has 158 valence electrons. The number of hydrogen-bond donors (Lipinski definition) is 3. The van der Waals surface area contributed by atoms with E-state index in [-0.39, 0.29) is 17.3 Å². The number of thioether (sulfide) groups is 1. The number of non-ortho nitro benzene ring substituents is 1. The molecule has 0 aliphatic rings. The Morgan fingerprint density at radius 1 is 1.12 bits per heavy atom. The number of hydrogen-bond acceptors (Lipinski definition) is 5. The van der Waals surface area contributed by atoms with Gasteiger partial charge in [-0.15, -0.1) is 0 Å². The molecule has 0 fully saturated rings. The van der Waals surface area contributed by atoms with E-state index in [1.807, 2.05) is 59.3 Å². The number of carbonyl (C=O) groups excluding carboxylic acids is 1. The third-order valence-corrected chi connectivity index (χ3v) is 5.77. The van der Waals surface area contributed by atoms with Gasteiger partial charge in [-0.2, -0.15) is 0 Å². The number of fused-ring (bicyclic) bond motifs is 2. The predicted octanol–water partition coefficient (Wildman–Crippen LogP) is 3.94. The van der Waals surface area contributed by atoms with Crippen molar-refractivity contribution in [3.05, 3.63) is 83.2 Å². The fourth-order valence-electron chi connectivity index (χ4n) is 3.40. The highest BCUT2D eigenvalue weighted by molar-refractivity contribution is 7.99. The summed E-state index contributed by atoms with van der Waals surface area (Å²) in [6, 6.07) is 18.1. The van der Waals surface area contributed by atoms with Gasteiger partial charge in [0.05, 0.1) is 27.9 Å². The number of amides is 1. The van der Waals surface area contributed by atoms with Crippen molar-refractivity contribution in [2.75, 3.05) is 11.1 Å². The Morgan fingerprint density at radius 3 is 2.78 bits per heavy atom. The molecule has 2 aromatic carbocycles. The van der Waals surface area contributed by atoms with E-state index < -0.39 is 4.92 Å². The van der Waals surface area contributed by atoms with Crippen molar-refractivity contribution in [1.29, 1.82) is 0 Å². The van der Waals surface area contributed by atoms with Crippen molar-refractivity contribution in [3.8, 4) is 11.3 Å². The zero-order valence-corrected chi connectivity index (χ0v) is 17.4. The van der Waals surface area contributed by atoms with Gasteiger partial charge in [0, 0.05) is 17.7 Å². The Morgan fingerprint density at radius 2 is 1.97 bits per heavy atom. The molecule has 0 atom stereocenters. The summed E-state index contributed by atoms with van der Waals surface area (Å²) < 4.78 is 1.93. The average Bonchev–Trinajstić information content (AvgIpc) is 3.42. The first-order chi connectivity index (χ1) is 15.6. The zero-order chi connectivity index (χ0) is 22.1. The van der Waals surface area contributed by atoms with Gasteiger partial charge in [0.15, 0.2) is 10.9 Å². The van der Waals surface area contributed by atoms with E-state index in [0.29, 0.717) is 21.9 Å². The molecule has 0 radical (unpaired) electrons. The number of anilines is 1. The van der Waals surface area contributed by atoms with Crippen LogP contribution in [0.5, 0.6) is 0 Å². The molecule has 3 aromatic heterocycles. The number of nitro benzene ring substituents is 1. The summed E-state index contributed by atoms with van der Waals surface area (Å²) in [5, 5.41) is 14.4. The van der Waals surface area contributed by atoms with Crippen LogP contribution < -0.4 is 9.72 Å². The molecule has 0 spiro atoms. The second-order valence-corrected chi connectivity index (χ2v) is 8.01.